The van der Waals surface area contributed by atoms with Crippen molar-refractivity contribution in [2.75, 3.05) is 0 Å². The standard InChI is InChI=1S/C11H11NO2/c1-3-14-12-9(2)11(13)10-7-5-4-6-8-10/h3-8H,1H2,2H3. The van der Waals surface area contributed by atoms with Crippen LogP contribution < -0.4 is 0 Å². The molecule has 0 spiro atoms. The second-order valence-corrected chi connectivity index (χ2v) is 2.64. The second kappa shape index (κ2) is 4.97. The highest BCUT2D eigenvalue weighted by molar-refractivity contribution is 6.45. The highest BCUT2D eigenvalue weighted by Crippen LogP contribution is 2.01. The van der Waals surface area contributed by atoms with Gasteiger partial charge in [0.15, 0.2) is 0 Å². The number of nitrogens with zero attached hydrogens (tertiary/aromatic N) is 1. The molecule has 0 aromatic heterocycles. The SMILES string of the molecule is C=CON=C(C)C(=O)c1ccccc1. The Morgan fingerprint density at radius 3 is 2.64 bits per heavy atom. The van der Waals surface area contributed by atoms with E-state index in [2.05, 4.69) is 16.6 Å². The Bertz CT molecular complexity index is 355. The summed E-state index contributed by atoms with van der Waals surface area (Å²) in [5, 5.41) is 3.57. The number of benzene rings is 1. The van der Waals surface area contributed by atoms with Crippen LogP contribution in [0.15, 0.2) is 48.3 Å². The first-order valence-electron chi connectivity index (χ1n) is 4.16. The minimum atomic E-state index is -0.146. The van der Waals surface area contributed by atoms with Crippen molar-refractivity contribution < 1.29 is 9.63 Å². The summed E-state index contributed by atoms with van der Waals surface area (Å²) >= 11 is 0. The van der Waals surface area contributed by atoms with Crippen molar-refractivity contribution >= 4 is 11.5 Å². The molecule has 0 heterocycles. The number of hydrogen-bond donors (Lipinski definition) is 0. The summed E-state index contributed by atoms with van der Waals surface area (Å²) in [5.41, 5.74) is 0.900. The van der Waals surface area contributed by atoms with Gasteiger partial charge >= 0.3 is 0 Å². The van der Waals surface area contributed by atoms with Crippen molar-refractivity contribution in [1.29, 1.82) is 0 Å². The third-order valence-electron chi connectivity index (χ3n) is 1.63. The van der Waals surface area contributed by atoms with Crippen LogP contribution in [-0.4, -0.2) is 11.5 Å². The molecule has 0 aliphatic heterocycles. The largest absolute Gasteiger partial charge is 0.365 e. The van der Waals surface area contributed by atoms with E-state index in [4.69, 9.17) is 0 Å². The maximum atomic E-state index is 11.6. The Balaban J connectivity index is 2.81. The molecule has 3 heteroatoms. The summed E-state index contributed by atoms with van der Waals surface area (Å²) < 4.78 is 0. The third kappa shape index (κ3) is 2.55. The Hall–Kier alpha value is -1.90. The molecule has 0 atom stereocenters. The summed E-state index contributed by atoms with van der Waals surface area (Å²) in [6, 6.07) is 8.91. The topological polar surface area (TPSA) is 38.7 Å². The lowest BCUT2D eigenvalue weighted by atomic mass is 10.1. The molecule has 1 rings (SSSR count). The quantitative estimate of drug-likeness (QED) is 0.316. The van der Waals surface area contributed by atoms with E-state index in [1.807, 2.05) is 6.07 Å². The molecule has 0 fully saturated rings. The summed E-state index contributed by atoms with van der Waals surface area (Å²) in [7, 11) is 0. The van der Waals surface area contributed by atoms with E-state index in [1.165, 1.54) is 6.26 Å². The van der Waals surface area contributed by atoms with Gasteiger partial charge in [0.2, 0.25) is 5.78 Å². The number of ketones is 1. The summed E-state index contributed by atoms with van der Waals surface area (Å²) in [6.45, 7) is 4.92. The van der Waals surface area contributed by atoms with Gasteiger partial charge in [0.1, 0.15) is 12.0 Å². The summed E-state index contributed by atoms with van der Waals surface area (Å²) in [5.74, 6) is -0.146. The molecule has 0 saturated heterocycles. The molecule has 72 valence electrons. The number of rotatable bonds is 4. The van der Waals surface area contributed by atoms with Crippen molar-refractivity contribution in [2.45, 2.75) is 6.92 Å². The lowest BCUT2D eigenvalue weighted by molar-refractivity contribution is 0.106. The van der Waals surface area contributed by atoms with Crippen molar-refractivity contribution in [3.8, 4) is 0 Å². The van der Waals surface area contributed by atoms with Crippen LogP contribution in [0.25, 0.3) is 0 Å². The molecule has 14 heavy (non-hydrogen) atoms. The normalized spacial score (nSPS) is 10.8. The summed E-state index contributed by atoms with van der Waals surface area (Å²) in [6.07, 6.45) is 1.17. The predicted octanol–water partition coefficient (Wildman–Crippen LogP) is 2.41. The van der Waals surface area contributed by atoms with E-state index in [-0.39, 0.29) is 5.78 Å². The van der Waals surface area contributed by atoms with Crippen LogP contribution >= 0.6 is 0 Å². The summed E-state index contributed by atoms with van der Waals surface area (Å²) in [4.78, 5) is 16.2. The maximum absolute atomic E-state index is 11.6. The molecule has 0 bridgehead atoms. The number of carbonyl (C=O) groups excluding carboxylic acids is 1. The van der Waals surface area contributed by atoms with Gasteiger partial charge in [0, 0.05) is 5.56 Å². The fourth-order valence-electron chi connectivity index (χ4n) is 0.956. The van der Waals surface area contributed by atoms with E-state index >= 15 is 0 Å². The Kier molecular flexibility index (Phi) is 3.61. The Morgan fingerprint density at radius 2 is 2.07 bits per heavy atom. The van der Waals surface area contributed by atoms with Crippen molar-refractivity contribution in [2.24, 2.45) is 5.16 Å². The first-order valence-corrected chi connectivity index (χ1v) is 4.16. The smallest absolute Gasteiger partial charge is 0.210 e. The first kappa shape index (κ1) is 10.2. The molecule has 0 radical (unpaired) electrons. The van der Waals surface area contributed by atoms with Gasteiger partial charge in [-0.3, -0.25) is 4.79 Å². The molecule has 0 aliphatic carbocycles. The van der Waals surface area contributed by atoms with E-state index in [9.17, 15) is 4.79 Å². The van der Waals surface area contributed by atoms with Crippen LogP contribution in [0.4, 0.5) is 0 Å². The first-order chi connectivity index (χ1) is 6.75. The predicted molar refractivity (Wildman–Crippen MR) is 55.2 cm³/mol. The van der Waals surface area contributed by atoms with Crippen LogP contribution in [0.2, 0.25) is 0 Å². The van der Waals surface area contributed by atoms with E-state index < -0.39 is 0 Å². The molecule has 1 aromatic rings. The minimum Gasteiger partial charge on any atom is -0.365 e. The van der Waals surface area contributed by atoms with Crippen LogP contribution in [0.3, 0.4) is 0 Å². The van der Waals surface area contributed by atoms with Gasteiger partial charge in [0.25, 0.3) is 0 Å². The van der Waals surface area contributed by atoms with E-state index in [0.717, 1.165) is 0 Å². The van der Waals surface area contributed by atoms with Crippen LogP contribution in [0, 0.1) is 0 Å². The highest BCUT2D eigenvalue weighted by atomic mass is 16.6. The lowest BCUT2D eigenvalue weighted by Gasteiger charge is -1.98. The van der Waals surface area contributed by atoms with Crippen LogP contribution in [0.5, 0.6) is 0 Å². The van der Waals surface area contributed by atoms with Crippen molar-refractivity contribution in [3.05, 3.63) is 48.7 Å². The Morgan fingerprint density at radius 1 is 1.43 bits per heavy atom. The van der Waals surface area contributed by atoms with Gasteiger partial charge in [-0.2, -0.15) is 0 Å². The molecule has 0 saturated carbocycles. The average molecular weight is 189 g/mol. The van der Waals surface area contributed by atoms with Gasteiger partial charge in [0.05, 0.1) is 0 Å². The fraction of sp³-hybridized carbons (Fsp3) is 0.0909. The van der Waals surface area contributed by atoms with E-state index in [0.29, 0.717) is 11.3 Å². The van der Waals surface area contributed by atoms with Crippen LogP contribution in [0.1, 0.15) is 17.3 Å². The number of hydrogen-bond acceptors (Lipinski definition) is 3. The van der Waals surface area contributed by atoms with Crippen molar-refractivity contribution in [1.82, 2.24) is 0 Å². The van der Waals surface area contributed by atoms with Crippen LogP contribution in [-0.2, 0) is 4.84 Å². The zero-order chi connectivity index (χ0) is 10.4. The minimum absolute atomic E-state index is 0.146. The third-order valence-corrected chi connectivity index (χ3v) is 1.63. The van der Waals surface area contributed by atoms with Gasteiger partial charge in [-0.15, -0.1) is 0 Å². The molecule has 1 aromatic carbocycles. The molecule has 0 amide bonds. The molecular formula is C11H11NO2. The van der Waals surface area contributed by atoms with Gasteiger partial charge < -0.3 is 4.84 Å². The molecule has 0 unspecified atom stereocenters. The lowest BCUT2D eigenvalue weighted by Crippen LogP contribution is -2.10. The number of carbonyl (C=O) groups is 1. The monoisotopic (exact) mass is 189 g/mol. The van der Waals surface area contributed by atoms with Crippen molar-refractivity contribution in [3.63, 3.8) is 0 Å². The maximum Gasteiger partial charge on any atom is 0.210 e. The molecular weight excluding hydrogens is 178 g/mol. The number of Topliss-reactive ketones (excluding diaryl/α,β-unsaturated/α-hetero) is 1. The van der Waals surface area contributed by atoms with Gasteiger partial charge in [-0.1, -0.05) is 42.1 Å². The van der Waals surface area contributed by atoms with E-state index in [1.54, 1.807) is 31.2 Å². The molecule has 0 N–H and O–H groups in total. The average Bonchev–Trinajstić information content (AvgIpc) is 2.26. The van der Waals surface area contributed by atoms with Gasteiger partial charge in [-0.25, -0.2) is 0 Å². The highest BCUT2D eigenvalue weighted by Gasteiger charge is 2.08. The molecule has 3 nitrogen and oxygen atoms in total. The Labute approximate surface area is 82.7 Å². The fourth-order valence-corrected chi connectivity index (χ4v) is 0.956. The second-order valence-electron chi connectivity index (χ2n) is 2.64. The zero-order valence-electron chi connectivity index (χ0n) is 7.93. The molecule has 0 aliphatic rings. The zero-order valence-corrected chi connectivity index (χ0v) is 7.93. The number of oxime groups is 1. The van der Waals surface area contributed by atoms with Gasteiger partial charge in [-0.05, 0) is 6.92 Å².